The molecule has 0 aliphatic carbocycles. The second kappa shape index (κ2) is 14.9. The van der Waals surface area contributed by atoms with Crippen LogP contribution in [0.15, 0.2) is 138 Å². The fraction of sp³-hybridized carbons (Fsp3) is 0.279. The number of thiophene rings is 1. The number of rotatable bonds is 4. The molecule has 2 aliphatic rings. The number of anilines is 6. The molecule has 0 unspecified atom stereocenters. The molecule has 0 radical (unpaired) electrons. The second-order valence-corrected chi connectivity index (χ2v) is 24.3. The topological polar surface area (TPSA) is 28.9 Å². The first kappa shape index (κ1) is 43.3. The van der Waals surface area contributed by atoms with Gasteiger partial charge in [0.05, 0.1) is 16.8 Å². The third-order valence-electron chi connectivity index (χ3n) is 14.2. The Bertz CT molecular complexity index is 3380. The summed E-state index contributed by atoms with van der Waals surface area (Å²) < 4.78 is 16.7. The molecule has 9 aromatic rings. The number of hydrogen-bond donors (Lipinski definition) is 0. The molecule has 0 N–H and O–H groups in total. The Morgan fingerprint density at radius 2 is 1.12 bits per heavy atom. The molecule has 0 spiro atoms. The lowest BCUT2D eigenvalue weighted by atomic mass is 9.36. The Morgan fingerprint density at radius 1 is 0.537 bits per heavy atom. The maximum Gasteiger partial charge on any atom is 0.268 e. The van der Waals surface area contributed by atoms with Gasteiger partial charge in [-0.3, -0.25) is 0 Å². The number of aryl methyl sites for hydroxylation is 1. The predicted molar refractivity (Wildman–Crippen MR) is 289 cm³/mol. The van der Waals surface area contributed by atoms with Crippen LogP contribution in [-0.4, -0.2) is 6.71 Å². The van der Waals surface area contributed by atoms with E-state index in [2.05, 4.69) is 233 Å². The van der Waals surface area contributed by atoms with Crippen LogP contribution in [0.2, 0.25) is 0 Å². The number of fused-ring (bicyclic) bond motifs is 9. The van der Waals surface area contributed by atoms with Gasteiger partial charge in [-0.2, -0.15) is 0 Å². The van der Waals surface area contributed by atoms with Gasteiger partial charge in [-0.05, 0) is 134 Å². The van der Waals surface area contributed by atoms with Gasteiger partial charge in [0, 0.05) is 49.1 Å². The zero-order valence-corrected chi connectivity index (χ0v) is 42.2. The van der Waals surface area contributed by atoms with Crippen molar-refractivity contribution in [3.8, 4) is 11.5 Å². The lowest BCUT2D eigenvalue weighted by Gasteiger charge is -2.40. The predicted octanol–water partition coefficient (Wildman–Crippen LogP) is 16.2. The summed E-state index contributed by atoms with van der Waals surface area (Å²) in [6, 6.07) is 50.3. The molecule has 336 valence electrons. The minimum Gasteiger partial charge on any atom is -0.457 e. The van der Waals surface area contributed by atoms with E-state index in [9.17, 15) is 0 Å². The van der Waals surface area contributed by atoms with E-state index in [0.717, 1.165) is 67.4 Å². The number of nitrogens with zero attached hydrogens (tertiary/aromatic N) is 2. The van der Waals surface area contributed by atoms with E-state index in [0.29, 0.717) is 0 Å². The summed E-state index contributed by atoms with van der Waals surface area (Å²) in [6.45, 7) is 29.7. The maximum absolute atomic E-state index is 7.23. The third kappa shape index (κ3) is 7.17. The maximum atomic E-state index is 7.23. The zero-order chi connectivity index (χ0) is 47.1. The highest BCUT2D eigenvalue weighted by molar-refractivity contribution is 7.33. The summed E-state index contributed by atoms with van der Waals surface area (Å²) in [5.74, 6) is 1.92. The van der Waals surface area contributed by atoms with Crippen molar-refractivity contribution in [2.24, 2.45) is 0 Å². The summed E-state index contributed by atoms with van der Waals surface area (Å²) in [7, 11) is 0. The quantitative estimate of drug-likeness (QED) is 0.165. The van der Waals surface area contributed by atoms with Gasteiger partial charge < -0.3 is 19.0 Å². The Balaban J connectivity index is 1.20. The molecule has 0 atom stereocenters. The standard InChI is InChI=1S/C61H61BN2O2S/c1-36-30-49-55-52(31-36)66-56-45-32-39(60(8,9)10)23-29-53(45)67-57(56)62(55)46-33-40(61(11,12)13)22-28-47(46)64(49)43-34-48(54-44-16-14-15-17-50(44)65-51(54)35-43)63(41-24-18-37(19-25-41)58(2,3)4)42-26-20-38(21-27-42)59(5,6)7/h14-35H,1-13H3. The largest absolute Gasteiger partial charge is 0.457 e. The number of para-hydroxylation sites is 1. The molecule has 2 aromatic heterocycles. The number of benzene rings is 7. The first-order valence-corrected chi connectivity index (χ1v) is 24.8. The van der Waals surface area contributed by atoms with Gasteiger partial charge in [-0.25, -0.2) is 0 Å². The fourth-order valence-electron chi connectivity index (χ4n) is 10.3. The second-order valence-electron chi connectivity index (χ2n) is 23.2. The molecule has 2 aliphatic heterocycles. The SMILES string of the molecule is Cc1cc2c3c(c1)N(c1cc(N(c4ccc(C(C)(C)C)cc4)c4ccc(C(C)(C)C)cc4)c4c(c1)oc1ccccc14)c1ccc(C(C)(C)C)cc1B3c1sc3ccc(C(C)(C)C)cc3c1O2. The van der Waals surface area contributed by atoms with Crippen LogP contribution in [0.5, 0.6) is 11.5 Å². The molecule has 11 rings (SSSR count). The number of ether oxygens (including phenoxy) is 1. The van der Waals surface area contributed by atoms with Gasteiger partial charge in [-0.15, -0.1) is 11.3 Å². The zero-order valence-electron chi connectivity index (χ0n) is 41.4. The lowest BCUT2D eigenvalue weighted by molar-refractivity contribution is 0.494. The molecule has 0 fully saturated rings. The molecule has 7 aromatic carbocycles. The molecule has 0 amide bonds. The van der Waals surface area contributed by atoms with Crippen molar-refractivity contribution in [2.75, 3.05) is 9.80 Å². The van der Waals surface area contributed by atoms with Crippen molar-refractivity contribution < 1.29 is 9.15 Å². The molecule has 67 heavy (non-hydrogen) atoms. The van der Waals surface area contributed by atoms with E-state index in [-0.39, 0.29) is 28.4 Å². The van der Waals surface area contributed by atoms with Crippen LogP contribution in [0.25, 0.3) is 32.0 Å². The van der Waals surface area contributed by atoms with Crippen LogP contribution < -0.4 is 30.2 Å². The van der Waals surface area contributed by atoms with Crippen molar-refractivity contribution in [3.63, 3.8) is 0 Å². The minimum atomic E-state index is -0.0576. The summed E-state index contributed by atoms with van der Waals surface area (Å²) in [5.41, 5.74) is 17.1. The van der Waals surface area contributed by atoms with Crippen molar-refractivity contribution >= 4 is 99.9 Å². The van der Waals surface area contributed by atoms with Gasteiger partial charge in [0.15, 0.2) is 0 Å². The van der Waals surface area contributed by atoms with Crippen molar-refractivity contribution in [1.29, 1.82) is 0 Å². The minimum absolute atomic E-state index is 0.00745. The van der Waals surface area contributed by atoms with Gasteiger partial charge in [-0.1, -0.05) is 144 Å². The molecule has 0 saturated carbocycles. The van der Waals surface area contributed by atoms with Gasteiger partial charge in [0.25, 0.3) is 6.71 Å². The first-order valence-electron chi connectivity index (χ1n) is 23.9. The fourth-order valence-corrected chi connectivity index (χ4v) is 11.6. The van der Waals surface area contributed by atoms with Crippen LogP contribution in [0.4, 0.5) is 34.1 Å². The Kier molecular flexibility index (Phi) is 9.63. The summed E-state index contributed by atoms with van der Waals surface area (Å²) >= 11 is 1.88. The van der Waals surface area contributed by atoms with E-state index in [4.69, 9.17) is 9.15 Å². The van der Waals surface area contributed by atoms with Gasteiger partial charge in [0.2, 0.25) is 0 Å². The van der Waals surface area contributed by atoms with E-state index in [1.54, 1.807) is 0 Å². The molecular formula is C61H61BN2O2S. The van der Waals surface area contributed by atoms with E-state index >= 15 is 0 Å². The molecule has 6 heteroatoms. The Labute approximate surface area is 401 Å². The Hall–Kier alpha value is -6.24. The lowest BCUT2D eigenvalue weighted by Crippen LogP contribution is -2.58. The summed E-state index contributed by atoms with van der Waals surface area (Å²) in [6.07, 6.45) is 0. The number of furan rings is 1. The van der Waals surface area contributed by atoms with Crippen LogP contribution in [0, 0.1) is 6.92 Å². The summed E-state index contributed by atoms with van der Waals surface area (Å²) in [4.78, 5) is 4.93. The van der Waals surface area contributed by atoms with Crippen LogP contribution in [0.3, 0.4) is 0 Å². The van der Waals surface area contributed by atoms with Crippen LogP contribution >= 0.6 is 11.3 Å². The van der Waals surface area contributed by atoms with Crippen molar-refractivity contribution in [1.82, 2.24) is 0 Å². The van der Waals surface area contributed by atoms with Crippen LogP contribution in [-0.2, 0) is 21.7 Å². The summed E-state index contributed by atoms with van der Waals surface area (Å²) in [5, 5.41) is 3.36. The third-order valence-corrected chi connectivity index (χ3v) is 15.4. The van der Waals surface area contributed by atoms with Crippen LogP contribution in [0.1, 0.15) is 111 Å². The van der Waals surface area contributed by atoms with E-state index in [1.807, 2.05) is 11.3 Å². The number of hydrogen-bond acceptors (Lipinski definition) is 5. The van der Waals surface area contributed by atoms with Gasteiger partial charge in [0.1, 0.15) is 22.7 Å². The average Bonchev–Trinajstić information content (AvgIpc) is 3.83. The monoisotopic (exact) mass is 896 g/mol. The molecule has 4 heterocycles. The van der Waals surface area contributed by atoms with Crippen molar-refractivity contribution in [2.45, 2.75) is 112 Å². The Morgan fingerprint density at radius 3 is 1.75 bits per heavy atom. The molecule has 0 bridgehead atoms. The molecular weight excluding hydrogens is 836 g/mol. The van der Waals surface area contributed by atoms with E-state index < -0.39 is 0 Å². The van der Waals surface area contributed by atoms with E-state index in [1.165, 1.54) is 53.7 Å². The highest BCUT2D eigenvalue weighted by Crippen LogP contribution is 2.50. The average molecular weight is 897 g/mol. The smallest absolute Gasteiger partial charge is 0.268 e. The first-order chi connectivity index (χ1) is 31.6. The highest BCUT2D eigenvalue weighted by atomic mass is 32.1. The normalized spacial score (nSPS) is 13.8. The van der Waals surface area contributed by atoms with Gasteiger partial charge >= 0.3 is 0 Å². The molecule has 4 nitrogen and oxygen atoms in total. The highest BCUT2D eigenvalue weighted by Gasteiger charge is 2.45. The van der Waals surface area contributed by atoms with Crippen molar-refractivity contribution in [3.05, 3.63) is 161 Å². The molecule has 0 saturated heterocycles.